The Bertz CT molecular complexity index is 507. The Balaban J connectivity index is 2.62. The Morgan fingerprint density at radius 1 is 1.13 bits per heavy atom. The zero-order valence-corrected chi connectivity index (χ0v) is 8.10. The van der Waals surface area contributed by atoms with E-state index in [1.54, 1.807) is 6.07 Å². The molecule has 0 spiro atoms. The maximum absolute atomic E-state index is 12.3. The summed E-state index contributed by atoms with van der Waals surface area (Å²) in [5.74, 6) is 0. The van der Waals surface area contributed by atoms with Gasteiger partial charge in [0.2, 0.25) is 0 Å². The van der Waals surface area contributed by atoms with Gasteiger partial charge < -0.3 is 0 Å². The van der Waals surface area contributed by atoms with Crippen LogP contribution in [0.15, 0.2) is 30.5 Å². The molecule has 0 aliphatic carbocycles. The summed E-state index contributed by atoms with van der Waals surface area (Å²) in [5.41, 5.74) is -0.418. The zero-order chi connectivity index (χ0) is 11.1. The first-order valence-electron chi connectivity index (χ1n) is 4.09. The van der Waals surface area contributed by atoms with E-state index in [0.29, 0.717) is 10.4 Å². The van der Waals surface area contributed by atoms with Crippen LogP contribution in [0.5, 0.6) is 0 Å². The Hall–Kier alpha value is -1.29. The SMILES string of the molecule is FC(F)(F)c1ccc2cc(Cl)cnc2c1. The normalized spacial score (nSPS) is 12.0. The molecular weight excluding hydrogens is 227 g/mol. The van der Waals surface area contributed by atoms with E-state index in [1.165, 1.54) is 12.3 Å². The van der Waals surface area contributed by atoms with Gasteiger partial charge >= 0.3 is 6.18 Å². The molecule has 0 saturated carbocycles. The molecule has 0 unspecified atom stereocenters. The average Bonchev–Trinajstić information content (AvgIpc) is 2.15. The molecule has 0 saturated heterocycles. The third-order valence-electron chi connectivity index (χ3n) is 1.98. The molecule has 0 N–H and O–H groups in total. The number of pyridine rings is 1. The number of alkyl halides is 3. The first-order valence-corrected chi connectivity index (χ1v) is 4.47. The highest BCUT2D eigenvalue weighted by Crippen LogP contribution is 2.31. The molecule has 5 heteroatoms. The van der Waals surface area contributed by atoms with Crippen LogP contribution in [0, 0.1) is 0 Å². The molecule has 0 aliphatic rings. The van der Waals surface area contributed by atoms with Crippen LogP contribution in [0.4, 0.5) is 13.2 Å². The summed E-state index contributed by atoms with van der Waals surface area (Å²) in [5, 5.41) is 0.998. The van der Waals surface area contributed by atoms with Crippen molar-refractivity contribution >= 4 is 22.5 Å². The number of aromatic nitrogens is 1. The van der Waals surface area contributed by atoms with E-state index in [2.05, 4.69) is 4.98 Å². The van der Waals surface area contributed by atoms with Gasteiger partial charge in [-0.25, -0.2) is 0 Å². The summed E-state index contributed by atoms with van der Waals surface area (Å²) < 4.78 is 37.0. The van der Waals surface area contributed by atoms with Crippen LogP contribution < -0.4 is 0 Å². The fourth-order valence-corrected chi connectivity index (χ4v) is 1.44. The fraction of sp³-hybridized carbons (Fsp3) is 0.100. The van der Waals surface area contributed by atoms with Crippen LogP contribution in [0.25, 0.3) is 10.9 Å². The molecule has 2 aromatic rings. The summed E-state index contributed by atoms with van der Waals surface area (Å²) in [6.45, 7) is 0. The number of fused-ring (bicyclic) bond motifs is 1. The van der Waals surface area contributed by atoms with Crippen molar-refractivity contribution in [1.29, 1.82) is 0 Å². The van der Waals surface area contributed by atoms with Crippen molar-refractivity contribution in [2.24, 2.45) is 0 Å². The lowest BCUT2D eigenvalue weighted by atomic mass is 10.1. The van der Waals surface area contributed by atoms with Crippen molar-refractivity contribution < 1.29 is 13.2 Å². The molecule has 1 heterocycles. The minimum absolute atomic E-state index is 0.286. The predicted octanol–water partition coefficient (Wildman–Crippen LogP) is 3.91. The van der Waals surface area contributed by atoms with Crippen LogP contribution in [-0.4, -0.2) is 4.98 Å². The highest BCUT2D eigenvalue weighted by molar-refractivity contribution is 6.31. The molecule has 1 nitrogen and oxygen atoms in total. The van der Waals surface area contributed by atoms with E-state index in [1.807, 2.05) is 0 Å². The molecule has 2 rings (SSSR count). The van der Waals surface area contributed by atoms with Gasteiger partial charge in [-0.1, -0.05) is 17.7 Å². The van der Waals surface area contributed by atoms with Crippen molar-refractivity contribution in [2.45, 2.75) is 6.18 Å². The van der Waals surface area contributed by atoms with Crippen molar-refractivity contribution in [2.75, 3.05) is 0 Å². The maximum atomic E-state index is 12.3. The highest BCUT2D eigenvalue weighted by atomic mass is 35.5. The van der Waals surface area contributed by atoms with Crippen molar-refractivity contribution in [1.82, 2.24) is 4.98 Å². The standard InChI is InChI=1S/C10H5ClF3N/c11-8-3-6-1-2-7(10(12,13)14)4-9(6)15-5-8/h1-5H. The Labute approximate surface area is 88.5 Å². The number of hydrogen-bond donors (Lipinski definition) is 0. The first kappa shape index (κ1) is 10.2. The minimum Gasteiger partial charge on any atom is -0.255 e. The van der Waals surface area contributed by atoms with Crippen LogP contribution in [-0.2, 0) is 6.18 Å². The van der Waals surface area contributed by atoms with Gasteiger partial charge in [-0.15, -0.1) is 0 Å². The highest BCUT2D eigenvalue weighted by Gasteiger charge is 2.30. The molecule has 1 aromatic carbocycles. The largest absolute Gasteiger partial charge is 0.416 e. The quantitative estimate of drug-likeness (QED) is 0.670. The van der Waals surface area contributed by atoms with Crippen LogP contribution in [0.1, 0.15) is 5.56 Å². The molecule has 15 heavy (non-hydrogen) atoms. The fourth-order valence-electron chi connectivity index (χ4n) is 1.27. The molecule has 0 radical (unpaired) electrons. The second-order valence-electron chi connectivity index (χ2n) is 3.06. The Kier molecular flexibility index (Phi) is 2.31. The summed E-state index contributed by atoms with van der Waals surface area (Å²) in [6, 6.07) is 4.95. The number of hydrogen-bond acceptors (Lipinski definition) is 1. The summed E-state index contributed by atoms with van der Waals surface area (Å²) in [6.07, 6.45) is -3.01. The van der Waals surface area contributed by atoms with E-state index in [0.717, 1.165) is 12.1 Å². The van der Waals surface area contributed by atoms with Crippen molar-refractivity contribution in [3.8, 4) is 0 Å². The van der Waals surface area contributed by atoms with Crippen LogP contribution >= 0.6 is 11.6 Å². The maximum Gasteiger partial charge on any atom is 0.416 e. The van der Waals surface area contributed by atoms with Gasteiger partial charge in [0.25, 0.3) is 0 Å². The smallest absolute Gasteiger partial charge is 0.255 e. The monoisotopic (exact) mass is 231 g/mol. The third kappa shape index (κ3) is 2.04. The molecule has 0 atom stereocenters. The second kappa shape index (κ2) is 3.38. The molecule has 0 fully saturated rings. The lowest BCUT2D eigenvalue weighted by Crippen LogP contribution is -2.04. The second-order valence-corrected chi connectivity index (χ2v) is 3.50. The lowest BCUT2D eigenvalue weighted by Gasteiger charge is -2.07. The van der Waals surface area contributed by atoms with Gasteiger partial charge in [-0.3, -0.25) is 4.98 Å². The van der Waals surface area contributed by atoms with Gasteiger partial charge in [0.15, 0.2) is 0 Å². The van der Waals surface area contributed by atoms with Gasteiger partial charge in [-0.05, 0) is 18.2 Å². The predicted molar refractivity (Wildman–Crippen MR) is 51.8 cm³/mol. The molecule has 0 bridgehead atoms. The molecule has 1 aromatic heterocycles. The van der Waals surface area contributed by atoms with Crippen LogP contribution in [0.3, 0.4) is 0 Å². The lowest BCUT2D eigenvalue weighted by molar-refractivity contribution is -0.137. The van der Waals surface area contributed by atoms with E-state index < -0.39 is 11.7 Å². The summed E-state index contributed by atoms with van der Waals surface area (Å²) >= 11 is 5.66. The molecule has 0 aliphatic heterocycles. The Morgan fingerprint density at radius 2 is 1.87 bits per heavy atom. The number of benzene rings is 1. The minimum atomic E-state index is -4.34. The van der Waals surface area contributed by atoms with Crippen molar-refractivity contribution in [3.63, 3.8) is 0 Å². The van der Waals surface area contributed by atoms with Gasteiger partial charge in [0.05, 0.1) is 16.1 Å². The van der Waals surface area contributed by atoms with E-state index in [4.69, 9.17) is 11.6 Å². The van der Waals surface area contributed by atoms with Crippen molar-refractivity contribution in [3.05, 3.63) is 41.0 Å². The Morgan fingerprint density at radius 3 is 2.53 bits per heavy atom. The number of nitrogens with zero attached hydrogens (tertiary/aromatic N) is 1. The average molecular weight is 232 g/mol. The summed E-state index contributed by atoms with van der Waals surface area (Å²) in [4.78, 5) is 3.82. The number of halogens is 4. The zero-order valence-electron chi connectivity index (χ0n) is 7.35. The van der Waals surface area contributed by atoms with E-state index in [9.17, 15) is 13.2 Å². The topological polar surface area (TPSA) is 12.9 Å². The van der Waals surface area contributed by atoms with Crippen LogP contribution in [0.2, 0.25) is 5.02 Å². The third-order valence-corrected chi connectivity index (χ3v) is 2.18. The number of rotatable bonds is 0. The molecule has 0 amide bonds. The summed E-state index contributed by atoms with van der Waals surface area (Å²) in [7, 11) is 0. The van der Waals surface area contributed by atoms with Gasteiger partial charge in [-0.2, -0.15) is 13.2 Å². The van der Waals surface area contributed by atoms with Gasteiger partial charge in [0, 0.05) is 11.6 Å². The first-order chi connectivity index (χ1) is 6.97. The van der Waals surface area contributed by atoms with E-state index in [-0.39, 0.29) is 5.52 Å². The van der Waals surface area contributed by atoms with E-state index >= 15 is 0 Å². The molecule has 78 valence electrons. The molecular formula is C10H5ClF3N. The van der Waals surface area contributed by atoms with Gasteiger partial charge in [0.1, 0.15) is 0 Å².